The number of nitrogen functional groups attached to an aromatic ring is 1. The van der Waals surface area contributed by atoms with E-state index in [4.69, 9.17) is 20.4 Å². The zero-order chi connectivity index (χ0) is 24.1. The van der Waals surface area contributed by atoms with Crippen molar-refractivity contribution >= 4 is 22.2 Å². The van der Waals surface area contributed by atoms with Gasteiger partial charge in [0.25, 0.3) is 0 Å². The molecular formula is C28H27N7O. The first-order valence-corrected chi connectivity index (χ1v) is 12.6. The van der Waals surface area contributed by atoms with Crippen LogP contribution in [-0.4, -0.2) is 49.1 Å². The SMILES string of the molecule is Nc1ncnn2c(C3CC(CN4CCC4)C3)nc(-c3ccc4ccc(Oc5ccccc5)nc4c3)c12. The Morgan fingerprint density at radius 2 is 1.81 bits per heavy atom. The largest absolute Gasteiger partial charge is 0.439 e. The van der Waals surface area contributed by atoms with Gasteiger partial charge >= 0.3 is 0 Å². The number of imidazole rings is 1. The average molecular weight is 478 g/mol. The number of likely N-dealkylation sites (tertiary alicyclic amines) is 1. The fourth-order valence-corrected chi connectivity index (χ4v) is 5.38. The van der Waals surface area contributed by atoms with Crippen LogP contribution in [0.3, 0.4) is 0 Å². The highest BCUT2D eigenvalue weighted by atomic mass is 16.5. The molecule has 3 aromatic heterocycles. The Hall–Kier alpha value is -4.04. The molecule has 0 bridgehead atoms. The lowest BCUT2D eigenvalue weighted by atomic mass is 9.74. The molecule has 8 heteroatoms. The van der Waals surface area contributed by atoms with E-state index < -0.39 is 0 Å². The Morgan fingerprint density at radius 1 is 0.972 bits per heavy atom. The molecular weight excluding hydrogens is 450 g/mol. The predicted octanol–water partition coefficient (Wildman–Crippen LogP) is 4.91. The van der Waals surface area contributed by atoms with E-state index >= 15 is 0 Å². The van der Waals surface area contributed by atoms with E-state index in [9.17, 15) is 0 Å². The zero-order valence-electron chi connectivity index (χ0n) is 19.9. The van der Waals surface area contributed by atoms with Crippen LogP contribution in [0.5, 0.6) is 11.6 Å². The van der Waals surface area contributed by atoms with Crippen molar-refractivity contribution in [1.29, 1.82) is 0 Å². The number of pyridine rings is 1. The number of nitrogens with zero attached hydrogens (tertiary/aromatic N) is 6. The number of hydrogen-bond acceptors (Lipinski definition) is 7. The summed E-state index contributed by atoms with van der Waals surface area (Å²) in [5.74, 6) is 3.83. The zero-order valence-corrected chi connectivity index (χ0v) is 19.9. The highest BCUT2D eigenvalue weighted by Gasteiger charge is 2.36. The number of fused-ring (bicyclic) bond motifs is 2. The van der Waals surface area contributed by atoms with E-state index in [1.165, 1.54) is 32.4 Å². The Kier molecular flexibility index (Phi) is 5.06. The van der Waals surface area contributed by atoms with Crippen LogP contribution in [0.1, 0.15) is 31.0 Å². The number of hydrogen-bond donors (Lipinski definition) is 1. The molecule has 4 heterocycles. The summed E-state index contributed by atoms with van der Waals surface area (Å²) in [7, 11) is 0. The Morgan fingerprint density at radius 3 is 2.61 bits per heavy atom. The van der Waals surface area contributed by atoms with Crippen molar-refractivity contribution in [3.05, 3.63) is 72.8 Å². The van der Waals surface area contributed by atoms with Crippen molar-refractivity contribution in [2.24, 2.45) is 5.92 Å². The molecule has 0 spiro atoms. The van der Waals surface area contributed by atoms with Crippen molar-refractivity contribution in [3.63, 3.8) is 0 Å². The fraction of sp³-hybridized carbons (Fsp3) is 0.286. The van der Waals surface area contributed by atoms with E-state index in [0.717, 1.165) is 58.0 Å². The molecule has 0 radical (unpaired) electrons. The van der Waals surface area contributed by atoms with Crippen LogP contribution in [-0.2, 0) is 0 Å². The molecule has 1 aliphatic heterocycles. The van der Waals surface area contributed by atoms with Gasteiger partial charge in [0.2, 0.25) is 5.88 Å². The Bertz CT molecular complexity index is 1560. The molecule has 0 atom stereocenters. The maximum Gasteiger partial charge on any atom is 0.219 e. The summed E-state index contributed by atoms with van der Waals surface area (Å²) in [6.45, 7) is 3.69. The monoisotopic (exact) mass is 477 g/mol. The minimum absolute atomic E-state index is 0.385. The second kappa shape index (κ2) is 8.57. The molecule has 2 fully saturated rings. The lowest BCUT2D eigenvalue weighted by Crippen LogP contribution is -2.43. The van der Waals surface area contributed by atoms with Crippen molar-refractivity contribution in [1.82, 2.24) is 29.5 Å². The van der Waals surface area contributed by atoms with Gasteiger partial charge in [0.05, 0.1) is 5.52 Å². The highest BCUT2D eigenvalue weighted by molar-refractivity contribution is 5.90. The van der Waals surface area contributed by atoms with Gasteiger partial charge in [-0.1, -0.05) is 30.3 Å². The predicted molar refractivity (Wildman–Crippen MR) is 139 cm³/mol. The molecule has 36 heavy (non-hydrogen) atoms. The van der Waals surface area contributed by atoms with Crippen LogP contribution in [0.4, 0.5) is 5.82 Å². The van der Waals surface area contributed by atoms with Gasteiger partial charge < -0.3 is 15.4 Å². The summed E-state index contributed by atoms with van der Waals surface area (Å²) >= 11 is 0. The second-order valence-electron chi connectivity index (χ2n) is 9.88. The van der Waals surface area contributed by atoms with E-state index in [2.05, 4.69) is 27.1 Å². The number of benzene rings is 2. The number of para-hydroxylation sites is 1. The molecule has 0 amide bonds. The molecule has 1 saturated heterocycles. The topological polar surface area (TPSA) is 94.5 Å². The first-order chi connectivity index (χ1) is 17.7. The van der Waals surface area contributed by atoms with Gasteiger partial charge in [-0.15, -0.1) is 0 Å². The quantitative estimate of drug-likeness (QED) is 0.371. The number of ether oxygens (including phenoxy) is 1. The van der Waals surface area contributed by atoms with Crippen LogP contribution in [0.15, 0.2) is 67.0 Å². The van der Waals surface area contributed by atoms with Gasteiger partial charge in [0, 0.05) is 29.5 Å². The summed E-state index contributed by atoms with van der Waals surface area (Å²) in [5.41, 5.74) is 9.68. The van der Waals surface area contributed by atoms with E-state index in [0.29, 0.717) is 17.6 Å². The molecule has 5 aromatic rings. The number of rotatable bonds is 6. The third-order valence-electron chi connectivity index (χ3n) is 7.46. The molecule has 0 unspecified atom stereocenters. The van der Waals surface area contributed by atoms with Gasteiger partial charge in [-0.25, -0.2) is 19.5 Å². The maximum absolute atomic E-state index is 6.35. The average Bonchev–Trinajstić information content (AvgIpc) is 3.23. The molecule has 1 aliphatic carbocycles. The van der Waals surface area contributed by atoms with Crippen LogP contribution >= 0.6 is 0 Å². The normalized spacial score (nSPS) is 19.8. The van der Waals surface area contributed by atoms with Crippen molar-refractivity contribution in [2.75, 3.05) is 25.4 Å². The van der Waals surface area contributed by atoms with Crippen molar-refractivity contribution in [3.8, 4) is 22.9 Å². The smallest absolute Gasteiger partial charge is 0.219 e. The van der Waals surface area contributed by atoms with Crippen molar-refractivity contribution in [2.45, 2.75) is 25.2 Å². The lowest BCUT2D eigenvalue weighted by molar-refractivity contribution is 0.107. The van der Waals surface area contributed by atoms with Gasteiger partial charge in [0.15, 0.2) is 5.82 Å². The summed E-state index contributed by atoms with van der Waals surface area (Å²) in [4.78, 5) is 16.7. The van der Waals surface area contributed by atoms with E-state index in [1.54, 1.807) is 0 Å². The molecule has 180 valence electrons. The summed E-state index contributed by atoms with van der Waals surface area (Å²) < 4.78 is 7.85. The Labute approximate surface area is 208 Å². The van der Waals surface area contributed by atoms with Crippen LogP contribution < -0.4 is 10.5 Å². The van der Waals surface area contributed by atoms with E-state index in [1.807, 2.05) is 53.0 Å². The number of aromatic nitrogens is 5. The van der Waals surface area contributed by atoms with Crippen LogP contribution in [0.25, 0.3) is 27.7 Å². The molecule has 8 nitrogen and oxygen atoms in total. The van der Waals surface area contributed by atoms with Crippen molar-refractivity contribution < 1.29 is 4.74 Å². The number of nitrogens with two attached hydrogens (primary N) is 1. The summed E-state index contributed by atoms with van der Waals surface area (Å²) in [5, 5.41) is 5.57. The second-order valence-corrected chi connectivity index (χ2v) is 9.88. The van der Waals surface area contributed by atoms with Gasteiger partial charge in [-0.2, -0.15) is 5.10 Å². The molecule has 2 aliphatic rings. The molecule has 2 aromatic carbocycles. The minimum atomic E-state index is 0.385. The summed E-state index contributed by atoms with van der Waals surface area (Å²) in [6, 6.07) is 19.7. The van der Waals surface area contributed by atoms with Gasteiger partial charge in [0.1, 0.15) is 29.1 Å². The molecule has 2 N–H and O–H groups in total. The standard InChI is InChI=1S/C28H27N7O/c29-27-26-25(33-28(35(26)31-17-30-27)21-13-18(14-21)16-34-11-4-12-34)20-8-7-19-9-10-24(32-23(19)15-20)36-22-5-2-1-3-6-22/h1-3,5-10,15,17-18,21H,4,11-14,16H2,(H2,29,30,31). The third kappa shape index (κ3) is 3.74. The van der Waals surface area contributed by atoms with Gasteiger partial charge in [-0.05, 0) is 62.5 Å². The number of anilines is 1. The fourth-order valence-electron chi connectivity index (χ4n) is 5.38. The first kappa shape index (κ1) is 21.3. The van der Waals surface area contributed by atoms with Crippen LogP contribution in [0, 0.1) is 5.92 Å². The first-order valence-electron chi connectivity index (χ1n) is 12.6. The van der Waals surface area contributed by atoms with Crippen LogP contribution in [0.2, 0.25) is 0 Å². The maximum atomic E-state index is 6.35. The van der Waals surface area contributed by atoms with Gasteiger partial charge in [-0.3, -0.25) is 0 Å². The van der Waals surface area contributed by atoms with E-state index in [-0.39, 0.29) is 0 Å². The minimum Gasteiger partial charge on any atom is -0.439 e. The molecule has 1 saturated carbocycles. The molecule has 7 rings (SSSR count). The third-order valence-corrected chi connectivity index (χ3v) is 7.46. The highest BCUT2D eigenvalue weighted by Crippen LogP contribution is 2.43. The lowest BCUT2D eigenvalue weighted by Gasteiger charge is -2.41. The summed E-state index contributed by atoms with van der Waals surface area (Å²) in [6.07, 6.45) is 5.13. The Balaban J connectivity index is 1.23.